The third-order valence-electron chi connectivity index (χ3n) is 4.77. The smallest absolute Gasteiger partial charge is 0.320 e. The van der Waals surface area contributed by atoms with Gasteiger partial charge in [0.15, 0.2) is 17.0 Å². The number of aromatic nitrogens is 4. The van der Waals surface area contributed by atoms with E-state index in [1.165, 1.54) is 0 Å². The van der Waals surface area contributed by atoms with Crippen LogP contribution in [0, 0.1) is 5.92 Å². The Morgan fingerprint density at radius 1 is 1.35 bits per heavy atom. The molecule has 0 saturated carbocycles. The van der Waals surface area contributed by atoms with E-state index in [1.807, 2.05) is 11.5 Å². The second-order valence-electron chi connectivity index (χ2n) is 6.90. The highest BCUT2D eigenvalue weighted by Gasteiger charge is 2.20. The van der Waals surface area contributed by atoms with Gasteiger partial charge in [-0.25, -0.2) is 0 Å². The van der Waals surface area contributed by atoms with Crippen LogP contribution in [0.4, 0.5) is 5.82 Å². The molecule has 8 nitrogen and oxygen atoms in total. The number of nitrogens with two attached hydrogens (primary N) is 1. The van der Waals surface area contributed by atoms with Crippen molar-refractivity contribution in [2.24, 2.45) is 5.92 Å². The lowest BCUT2D eigenvalue weighted by atomic mass is 10.0. The highest BCUT2D eigenvalue weighted by molar-refractivity contribution is 5.83. The Morgan fingerprint density at radius 2 is 2.19 bits per heavy atom. The normalized spacial score (nSPS) is 18.3. The van der Waals surface area contributed by atoms with Crippen molar-refractivity contribution in [3.63, 3.8) is 0 Å². The van der Waals surface area contributed by atoms with Gasteiger partial charge >= 0.3 is 6.01 Å². The van der Waals surface area contributed by atoms with Gasteiger partial charge in [0, 0.05) is 19.8 Å². The molecular weight excluding hydrogens is 334 g/mol. The number of rotatable bonds is 9. The number of imidazole rings is 1. The maximum atomic E-state index is 6.09. The molecule has 2 atom stereocenters. The van der Waals surface area contributed by atoms with E-state index < -0.39 is 0 Å². The van der Waals surface area contributed by atoms with E-state index in [1.54, 1.807) is 7.11 Å². The number of anilines is 1. The molecule has 3 rings (SSSR count). The molecule has 1 fully saturated rings. The van der Waals surface area contributed by atoms with Crippen molar-refractivity contribution < 1.29 is 14.2 Å². The Bertz CT molecular complexity index is 727. The Hall–Kier alpha value is -2.09. The summed E-state index contributed by atoms with van der Waals surface area (Å²) >= 11 is 0. The molecule has 0 amide bonds. The first-order chi connectivity index (χ1) is 12.6. The Labute approximate surface area is 154 Å². The first-order valence-corrected chi connectivity index (χ1v) is 9.44. The zero-order valence-electron chi connectivity index (χ0n) is 15.9. The molecule has 2 aromatic rings. The Morgan fingerprint density at radius 3 is 2.88 bits per heavy atom. The van der Waals surface area contributed by atoms with Crippen LogP contribution in [0.2, 0.25) is 0 Å². The van der Waals surface area contributed by atoms with E-state index in [4.69, 9.17) is 19.9 Å². The predicted octanol–water partition coefficient (Wildman–Crippen LogP) is 2.80. The summed E-state index contributed by atoms with van der Waals surface area (Å²) < 4.78 is 18.7. The van der Waals surface area contributed by atoms with Gasteiger partial charge in [-0.2, -0.15) is 15.0 Å². The van der Waals surface area contributed by atoms with E-state index in [9.17, 15) is 0 Å². The van der Waals surface area contributed by atoms with Gasteiger partial charge in [-0.1, -0.05) is 13.3 Å². The van der Waals surface area contributed by atoms with Crippen LogP contribution in [0.25, 0.3) is 11.2 Å². The molecule has 26 heavy (non-hydrogen) atoms. The first-order valence-electron chi connectivity index (χ1n) is 9.44. The lowest BCUT2D eigenvalue weighted by Gasteiger charge is -2.13. The molecule has 1 aliphatic rings. The molecule has 3 heterocycles. The second-order valence-corrected chi connectivity index (χ2v) is 6.90. The van der Waals surface area contributed by atoms with Gasteiger partial charge in [0.05, 0.1) is 13.2 Å². The van der Waals surface area contributed by atoms with Crippen LogP contribution < -0.4 is 15.2 Å². The molecule has 0 aromatic carbocycles. The van der Waals surface area contributed by atoms with E-state index in [2.05, 4.69) is 21.9 Å². The zero-order chi connectivity index (χ0) is 18.5. The van der Waals surface area contributed by atoms with Gasteiger partial charge < -0.3 is 19.9 Å². The SMILES string of the molecule is CCC[C@@H](C)Oc1nc(N)c2nc(OC)n(CCCC3CCOC3)c2n1. The van der Waals surface area contributed by atoms with Gasteiger partial charge in [0.1, 0.15) is 0 Å². The molecule has 0 bridgehead atoms. The minimum atomic E-state index is 0.0393. The zero-order valence-corrected chi connectivity index (χ0v) is 15.9. The summed E-state index contributed by atoms with van der Waals surface area (Å²) in [6.45, 7) is 6.63. The van der Waals surface area contributed by atoms with E-state index in [0.29, 0.717) is 34.9 Å². The highest BCUT2D eigenvalue weighted by atomic mass is 16.5. The summed E-state index contributed by atoms with van der Waals surface area (Å²) in [5, 5.41) is 0. The minimum Gasteiger partial charge on any atom is -0.468 e. The summed E-state index contributed by atoms with van der Waals surface area (Å²) in [6, 6.07) is 0.798. The lowest BCUT2D eigenvalue weighted by molar-refractivity contribution is 0.183. The van der Waals surface area contributed by atoms with E-state index in [-0.39, 0.29) is 6.10 Å². The molecule has 8 heteroatoms. The Kier molecular flexibility index (Phi) is 6.13. The molecule has 0 aliphatic carbocycles. The average Bonchev–Trinajstić information content (AvgIpc) is 3.23. The van der Waals surface area contributed by atoms with Crippen molar-refractivity contribution in [1.29, 1.82) is 0 Å². The van der Waals surface area contributed by atoms with Crippen LogP contribution in [0.5, 0.6) is 12.0 Å². The van der Waals surface area contributed by atoms with E-state index >= 15 is 0 Å². The maximum absolute atomic E-state index is 6.09. The predicted molar refractivity (Wildman–Crippen MR) is 99.4 cm³/mol. The fourth-order valence-corrected chi connectivity index (χ4v) is 3.39. The molecule has 1 unspecified atom stereocenters. The number of hydrogen-bond acceptors (Lipinski definition) is 7. The van der Waals surface area contributed by atoms with Crippen molar-refractivity contribution >= 4 is 17.0 Å². The summed E-state index contributed by atoms with van der Waals surface area (Å²) in [6.07, 6.45) is 5.27. The van der Waals surface area contributed by atoms with Crippen LogP contribution in [0.1, 0.15) is 46.0 Å². The molecule has 2 aromatic heterocycles. The third-order valence-corrected chi connectivity index (χ3v) is 4.77. The van der Waals surface area contributed by atoms with Crippen LogP contribution in [-0.4, -0.2) is 45.9 Å². The van der Waals surface area contributed by atoms with Gasteiger partial charge in [-0.05, 0) is 38.5 Å². The standard InChI is InChI=1S/C18H29N5O3/c1-4-6-12(2)26-17-21-15(19)14-16(22-17)23(18(20-14)24-3)9-5-7-13-8-10-25-11-13/h12-13H,4-11H2,1-3H3,(H2,19,21,22)/t12-,13?/m1/s1. The summed E-state index contributed by atoms with van der Waals surface area (Å²) in [5.41, 5.74) is 7.31. The largest absolute Gasteiger partial charge is 0.468 e. The molecular formula is C18H29N5O3. The monoisotopic (exact) mass is 363 g/mol. The van der Waals surface area contributed by atoms with Gasteiger partial charge in [0.25, 0.3) is 6.01 Å². The van der Waals surface area contributed by atoms with Crippen molar-refractivity contribution in [3.8, 4) is 12.0 Å². The van der Waals surface area contributed by atoms with Gasteiger partial charge in [0.2, 0.25) is 0 Å². The summed E-state index contributed by atoms with van der Waals surface area (Å²) in [7, 11) is 1.60. The van der Waals surface area contributed by atoms with Gasteiger partial charge in [-0.15, -0.1) is 0 Å². The van der Waals surface area contributed by atoms with Crippen molar-refractivity contribution in [1.82, 2.24) is 19.5 Å². The topological polar surface area (TPSA) is 97.3 Å². The molecule has 144 valence electrons. The number of fused-ring (bicyclic) bond motifs is 1. The number of ether oxygens (including phenoxy) is 3. The Balaban J connectivity index is 1.81. The van der Waals surface area contributed by atoms with Crippen LogP contribution in [-0.2, 0) is 11.3 Å². The molecule has 1 aliphatic heterocycles. The number of nitrogens with zero attached hydrogens (tertiary/aromatic N) is 4. The average molecular weight is 363 g/mol. The van der Waals surface area contributed by atoms with Crippen LogP contribution >= 0.6 is 0 Å². The van der Waals surface area contributed by atoms with E-state index in [0.717, 1.165) is 51.9 Å². The van der Waals surface area contributed by atoms with Crippen LogP contribution in [0.15, 0.2) is 0 Å². The number of nitrogen functional groups attached to an aromatic ring is 1. The fourth-order valence-electron chi connectivity index (χ4n) is 3.39. The van der Waals surface area contributed by atoms with Crippen molar-refractivity contribution in [2.75, 3.05) is 26.1 Å². The quantitative estimate of drug-likeness (QED) is 0.731. The van der Waals surface area contributed by atoms with Crippen molar-refractivity contribution in [2.45, 2.75) is 58.6 Å². The number of hydrogen-bond donors (Lipinski definition) is 1. The highest BCUT2D eigenvalue weighted by Crippen LogP contribution is 2.27. The number of methoxy groups -OCH3 is 1. The second kappa shape index (κ2) is 8.53. The third kappa shape index (κ3) is 4.17. The summed E-state index contributed by atoms with van der Waals surface area (Å²) in [5.74, 6) is 0.958. The maximum Gasteiger partial charge on any atom is 0.320 e. The molecule has 1 saturated heterocycles. The minimum absolute atomic E-state index is 0.0393. The number of aryl methyl sites for hydroxylation is 1. The lowest BCUT2D eigenvalue weighted by Crippen LogP contribution is -2.14. The van der Waals surface area contributed by atoms with Gasteiger partial charge in [-0.3, -0.25) is 4.57 Å². The first kappa shape index (κ1) is 18.7. The van der Waals surface area contributed by atoms with Crippen LogP contribution in [0.3, 0.4) is 0 Å². The molecule has 0 radical (unpaired) electrons. The molecule has 2 N–H and O–H groups in total. The fraction of sp³-hybridized carbons (Fsp3) is 0.722. The molecule has 0 spiro atoms. The summed E-state index contributed by atoms with van der Waals surface area (Å²) in [4.78, 5) is 13.3. The van der Waals surface area contributed by atoms with Crippen molar-refractivity contribution in [3.05, 3.63) is 0 Å².